The van der Waals surface area contributed by atoms with Crippen LogP contribution >= 0.6 is 0 Å². The van der Waals surface area contributed by atoms with Crippen LogP contribution in [0, 0.1) is 25.2 Å². The molecule has 0 bridgehead atoms. The first-order valence-electron chi connectivity index (χ1n) is 5.99. The predicted octanol–water partition coefficient (Wildman–Crippen LogP) is 3.43. The normalized spacial score (nSPS) is 9.74. The molecule has 19 heavy (non-hydrogen) atoms. The molecule has 0 saturated carbocycles. The smallest absolute Gasteiger partial charge is 0.255 e. The van der Waals surface area contributed by atoms with E-state index in [0.717, 1.165) is 16.8 Å². The maximum Gasteiger partial charge on any atom is 0.255 e. The summed E-state index contributed by atoms with van der Waals surface area (Å²) in [6.07, 6.45) is 0. The van der Waals surface area contributed by atoms with E-state index in [1.807, 2.05) is 38.1 Å². The number of hydrogen-bond donors (Lipinski definition) is 1. The fraction of sp³-hybridized carbons (Fsp3) is 0.125. The molecule has 3 nitrogen and oxygen atoms in total. The first-order valence-corrected chi connectivity index (χ1v) is 5.99. The average molecular weight is 250 g/mol. The summed E-state index contributed by atoms with van der Waals surface area (Å²) in [7, 11) is 0. The van der Waals surface area contributed by atoms with Crippen LogP contribution in [-0.2, 0) is 0 Å². The van der Waals surface area contributed by atoms with Gasteiger partial charge in [0.05, 0.1) is 11.6 Å². The van der Waals surface area contributed by atoms with E-state index in [9.17, 15) is 4.79 Å². The number of nitriles is 1. The van der Waals surface area contributed by atoms with Gasteiger partial charge < -0.3 is 5.32 Å². The third kappa shape index (κ3) is 2.80. The average Bonchev–Trinajstić information content (AvgIpc) is 2.44. The molecular formula is C16H14N2O. The van der Waals surface area contributed by atoms with Crippen LogP contribution in [0.5, 0.6) is 0 Å². The summed E-state index contributed by atoms with van der Waals surface area (Å²) >= 11 is 0. The zero-order valence-corrected chi connectivity index (χ0v) is 10.9. The van der Waals surface area contributed by atoms with Gasteiger partial charge in [-0.15, -0.1) is 0 Å². The van der Waals surface area contributed by atoms with Gasteiger partial charge >= 0.3 is 0 Å². The Bertz CT molecular complexity index is 669. The highest BCUT2D eigenvalue weighted by molar-refractivity contribution is 6.04. The Balaban J connectivity index is 2.26. The number of hydrogen-bond acceptors (Lipinski definition) is 2. The van der Waals surface area contributed by atoms with Gasteiger partial charge in [-0.05, 0) is 49.2 Å². The van der Waals surface area contributed by atoms with Crippen molar-refractivity contribution in [2.75, 3.05) is 5.32 Å². The zero-order valence-electron chi connectivity index (χ0n) is 10.9. The van der Waals surface area contributed by atoms with Crippen molar-refractivity contribution in [3.63, 3.8) is 0 Å². The molecule has 0 atom stereocenters. The van der Waals surface area contributed by atoms with Crippen LogP contribution in [0.1, 0.15) is 27.0 Å². The number of benzene rings is 2. The topological polar surface area (TPSA) is 52.9 Å². The minimum Gasteiger partial charge on any atom is -0.322 e. The summed E-state index contributed by atoms with van der Waals surface area (Å²) in [5, 5.41) is 11.7. The molecule has 1 amide bonds. The number of amides is 1. The quantitative estimate of drug-likeness (QED) is 0.887. The van der Waals surface area contributed by atoms with Crippen molar-refractivity contribution in [2.24, 2.45) is 0 Å². The Morgan fingerprint density at radius 2 is 1.89 bits per heavy atom. The summed E-state index contributed by atoms with van der Waals surface area (Å²) in [6.45, 7) is 3.97. The van der Waals surface area contributed by atoms with Crippen LogP contribution in [0.4, 0.5) is 5.69 Å². The molecule has 0 aliphatic carbocycles. The Morgan fingerprint density at radius 1 is 1.16 bits per heavy atom. The van der Waals surface area contributed by atoms with Crippen molar-refractivity contribution < 1.29 is 4.79 Å². The number of nitrogens with zero attached hydrogens (tertiary/aromatic N) is 1. The van der Waals surface area contributed by atoms with E-state index in [2.05, 4.69) is 5.32 Å². The Labute approximate surface area is 112 Å². The number of aryl methyl sites for hydroxylation is 1. The van der Waals surface area contributed by atoms with Gasteiger partial charge in [0.15, 0.2) is 0 Å². The third-order valence-electron chi connectivity index (χ3n) is 3.11. The summed E-state index contributed by atoms with van der Waals surface area (Å²) in [6, 6.07) is 14.5. The van der Waals surface area contributed by atoms with Crippen molar-refractivity contribution >= 4 is 11.6 Å². The Kier molecular flexibility index (Phi) is 3.63. The van der Waals surface area contributed by atoms with E-state index in [4.69, 9.17) is 5.26 Å². The van der Waals surface area contributed by atoms with Crippen LogP contribution in [0.2, 0.25) is 0 Å². The SMILES string of the molecule is Cc1cccc(NC(=O)c2cccc(C#N)c2)c1C. The highest BCUT2D eigenvalue weighted by Gasteiger charge is 2.08. The highest BCUT2D eigenvalue weighted by Crippen LogP contribution is 2.19. The second-order valence-electron chi connectivity index (χ2n) is 4.39. The lowest BCUT2D eigenvalue weighted by Crippen LogP contribution is -2.13. The van der Waals surface area contributed by atoms with Crippen LogP contribution in [0.15, 0.2) is 42.5 Å². The summed E-state index contributed by atoms with van der Waals surface area (Å²) < 4.78 is 0. The summed E-state index contributed by atoms with van der Waals surface area (Å²) in [4.78, 5) is 12.1. The Morgan fingerprint density at radius 3 is 2.63 bits per heavy atom. The predicted molar refractivity (Wildman–Crippen MR) is 75.0 cm³/mol. The van der Waals surface area contributed by atoms with E-state index in [-0.39, 0.29) is 5.91 Å². The molecule has 2 aromatic carbocycles. The lowest BCUT2D eigenvalue weighted by atomic mass is 10.1. The molecule has 0 fully saturated rings. The first kappa shape index (κ1) is 12.8. The number of rotatable bonds is 2. The molecule has 0 aliphatic heterocycles. The van der Waals surface area contributed by atoms with Gasteiger partial charge in [-0.25, -0.2) is 0 Å². The molecule has 0 saturated heterocycles. The maximum atomic E-state index is 12.1. The van der Waals surface area contributed by atoms with Gasteiger partial charge in [0, 0.05) is 11.3 Å². The van der Waals surface area contributed by atoms with Gasteiger partial charge in [-0.3, -0.25) is 4.79 Å². The Hall–Kier alpha value is -2.60. The van der Waals surface area contributed by atoms with E-state index < -0.39 is 0 Å². The standard InChI is InChI=1S/C16H14N2O/c1-11-5-3-8-15(12(11)2)18-16(19)14-7-4-6-13(9-14)10-17/h3-9H,1-2H3,(H,18,19). The van der Waals surface area contributed by atoms with Crippen LogP contribution in [-0.4, -0.2) is 5.91 Å². The highest BCUT2D eigenvalue weighted by atomic mass is 16.1. The van der Waals surface area contributed by atoms with Crippen LogP contribution in [0.25, 0.3) is 0 Å². The van der Waals surface area contributed by atoms with Gasteiger partial charge in [0.25, 0.3) is 5.91 Å². The lowest BCUT2D eigenvalue weighted by molar-refractivity contribution is 0.102. The largest absolute Gasteiger partial charge is 0.322 e. The molecule has 1 N–H and O–H groups in total. The minimum atomic E-state index is -0.203. The lowest BCUT2D eigenvalue weighted by Gasteiger charge is -2.10. The van der Waals surface area contributed by atoms with Crippen molar-refractivity contribution in [1.29, 1.82) is 5.26 Å². The second-order valence-corrected chi connectivity index (χ2v) is 4.39. The number of anilines is 1. The van der Waals surface area contributed by atoms with E-state index >= 15 is 0 Å². The number of carbonyl (C=O) groups excluding carboxylic acids is 1. The maximum absolute atomic E-state index is 12.1. The van der Waals surface area contributed by atoms with Crippen molar-refractivity contribution in [1.82, 2.24) is 0 Å². The van der Waals surface area contributed by atoms with Crippen LogP contribution < -0.4 is 5.32 Å². The number of nitrogens with one attached hydrogen (secondary N) is 1. The van der Waals surface area contributed by atoms with Gasteiger partial charge in [0.2, 0.25) is 0 Å². The van der Waals surface area contributed by atoms with Gasteiger partial charge in [0.1, 0.15) is 0 Å². The molecule has 0 heterocycles. The molecule has 3 heteroatoms. The monoisotopic (exact) mass is 250 g/mol. The van der Waals surface area contributed by atoms with Crippen molar-refractivity contribution in [3.8, 4) is 6.07 Å². The van der Waals surface area contributed by atoms with E-state index in [0.29, 0.717) is 11.1 Å². The van der Waals surface area contributed by atoms with Gasteiger partial charge in [-0.2, -0.15) is 5.26 Å². The third-order valence-corrected chi connectivity index (χ3v) is 3.11. The van der Waals surface area contributed by atoms with E-state index in [1.165, 1.54) is 0 Å². The summed E-state index contributed by atoms with van der Waals surface area (Å²) in [5.41, 5.74) is 3.94. The molecule has 0 radical (unpaired) electrons. The van der Waals surface area contributed by atoms with Gasteiger partial charge in [-0.1, -0.05) is 18.2 Å². The molecular weight excluding hydrogens is 236 g/mol. The molecule has 2 rings (SSSR count). The van der Waals surface area contributed by atoms with E-state index in [1.54, 1.807) is 24.3 Å². The zero-order chi connectivity index (χ0) is 13.8. The second kappa shape index (κ2) is 5.36. The molecule has 0 aromatic heterocycles. The summed E-state index contributed by atoms with van der Waals surface area (Å²) in [5.74, 6) is -0.203. The molecule has 2 aromatic rings. The fourth-order valence-electron chi connectivity index (χ4n) is 1.81. The number of carbonyl (C=O) groups is 1. The van der Waals surface area contributed by atoms with Crippen molar-refractivity contribution in [3.05, 3.63) is 64.7 Å². The molecule has 0 unspecified atom stereocenters. The fourth-order valence-corrected chi connectivity index (χ4v) is 1.81. The van der Waals surface area contributed by atoms with Crippen molar-refractivity contribution in [2.45, 2.75) is 13.8 Å². The molecule has 0 aliphatic rings. The van der Waals surface area contributed by atoms with Crippen LogP contribution in [0.3, 0.4) is 0 Å². The first-order chi connectivity index (χ1) is 9.11. The molecule has 0 spiro atoms. The molecule has 94 valence electrons. The minimum absolute atomic E-state index is 0.203.